The van der Waals surface area contributed by atoms with Gasteiger partial charge in [-0.1, -0.05) is 41.0 Å². The molecule has 184 valence electrons. The molecule has 4 aliphatic rings. The molecule has 4 saturated carbocycles. The minimum Gasteiger partial charge on any atom is -0.481 e. The van der Waals surface area contributed by atoms with E-state index in [1.165, 1.54) is 0 Å². The van der Waals surface area contributed by atoms with E-state index in [-0.39, 0.29) is 64.5 Å². The van der Waals surface area contributed by atoms with Gasteiger partial charge in [-0.25, -0.2) is 0 Å². The van der Waals surface area contributed by atoms with Crippen molar-refractivity contribution < 1.29 is 25.2 Å². The van der Waals surface area contributed by atoms with Crippen molar-refractivity contribution >= 4 is 5.97 Å². The fourth-order valence-electron chi connectivity index (χ4n) is 9.71. The lowest BCUT2D eigenvalue weighted by atomic mass is 9.41. The zero-order valence-electron chi connectivity index (χ0n) is 20.7. The van der Waals surface area contributed by atoms with E-state index in [0.29, 0.717) is 12.3 Å². The van der Waals surface area contributed by atoms with Crippen molar-refractivity contribution in [1.29, 1.82) is 0 Å². The third kappa shape index (κ3) is 3.48. The molecule has 0 radical (unpaired) electrons. The number of aliphatic hydroxyl groups excluding tert-OH is 3. The summed E-state index contributed by atoms with van der Waals surface area (Å²) in [4.78, 5) is 11.5. The molecule has 13 atom stereocenters. The van der Waals surface area contributed by atoms with Crippen molar-refractivity contribution in [2.75, 3.05) is 0 Å². The molecule has 5 nitrogen and oxygen atoms in total. The Bertz CT molecular complexity index is 710. The quantitative estimate of drug-likeness (QED) is 0.500. The van der Waals surface area contributed by atoms with Gasteiger partial charge in [-0.3, -0.25) is 4.79 Å². The topological polar surface area (TPSA) is 98.0 Å². The van der Waals surface area contributed by atoms with Gasteiger partial charge in [0.15, 0.2) is 0 Å². The fraction of sp³-hybridized carbons (Fsp3) is 0.963. The summed E-state index contributed by atoms with van der Waals surface area (Å²) in [5.74, 6) is 0.687. The third-order valence-electron chi connectivity index (χ3n) is 11.4. The van der Waals surface area contributed by atoms with Crippen LogP contribution in [0.15, 0.2) is 0 Å². The first-order chi connectivity index (χ1) is 15.0. The van der Waals surface area contributed by atoms with Crippen LogP contribution in [0.5, 0.6) is 0 Å². The Hall–Kier alpha value is -0.650. The van der Waals surface area contributed by atoms with Crippen molar-refractivity contribution in [1.82, 2.24) is 0 Å². The molecule has 0 aromatic rings. The second kappa shape index (κ2) is 8.53. The van der Waals surface area contributed by atoms with Crippen LogP contribution < -0.4 is 0 Å². The van der Waals surface area contributed by atoms with Crippen LogP contribution in [-0.2, 0) is 4.79 Å². The first kappa shape index (κ1) is 24.5. The van der Waals surface area contributed by atoms with Gasteiger partial charge in [0.05, 0.1) is 24.2 Å². The molecule has 32 heavy (non-hydrogen) atoms. The smallest absolute Gasteiger partial charge is 0.306 e. The predicted molar refractivity (Wildman–Crippen MR) is 124 cm³/mol. The van der Waals surface area contributed by atoms with Crippen LogP contribution in [0.3, 0.4) is 0 Å². The van der Waals surface area contributed by atoms with Gasteiger partial charge in [0.2, 0.25) is 0 Å². The highest BCUT2D eigenvalue weighted by Gasteiger charge is 2.67. The molecule has 0 heterocycles. The molecule has 0 aliphatic heterocycles. The number of hydrogen-bond acceptors (Lipinski definition) is 4. The summed E-state index contributed by atoms with van der Waals surface area (Å²) in [5.41, 5.74) is -0.205. The number of aliphatic carboxylic acids is 1. The van der Waals surface area contributed by atoms with E-state index < -0.39 is 12.1 Å². The molecule has 0 aromatic carbocycles. The summed E-state index contributed by atoms with van der Waals surface area (Å²) in [5, 5.41) is 43.3. The first-order valence-electron chi connectivity index (χ1n) is 13.2. The van der Waals surface area contributed by atoms with Gasteiger partial charge in [0, 0.05) is 0 Å². The molecule has 4 N–H and O–H groups in total. The highest BCUT2D eigenvalue weighted by Crippen LogP contribution is 2.69. The normalized spacial score (nSPS) is 52.4. The van der Waals surface area contributed by atoms with Crippen LogP contribution in [-0.4, -0.2) is 44.7 Å². The standard InChI is InChI=1S/C27H46O5/c1-6-17-20-12-16(28)9-10-26(20,4)21-13-22(29)27(5)18(14(2)11-15(3)25(31)32)7-8-19(27)23(21)24(17)30/h14-24,28-30H,6-13H2,1-5H3,(H,31,32)/t14-,15?,16+,17+,18+,19?,20-,21?,22-,23?,24+,26-,27+/m0/s1. The van der Waals surface area contributed by atoms with E-state index >= 15 is 0 Å². The van der Waals surface area contributed by atoms with Gasteiger partial charge in [-0.2, -0.15) is 0 Å². The molecule has 4 aliphatic carbocycles. The molecule has 4 rings (SSSR count). The van der Waals surface area contributed by atoms with Crippen LogP contribution in [0.1, 0.15) is 86.0 Å². The van der Waals surface area contributed by atoms with Gasteiger partial charge in [0.1, 0.15) is 0 Å². The van der Waals surface area contributed by atoms with E-state index in [1.807, 2.05) is 0 Å². The van der Waals surface area contributed by atoms with E-state index in [2.05, 4.69) is 27.7 Å². The number of fused-ring (bicyclic) bond motifs is 5. The van der Waals surface area contributed by atoms with Crippen molar-refractivity contribution in [3.8, 4) is 0 Å². The zero-order chi connectivity index (χ0) is 23.6. The molecular weight excluding hydrogens is 404 g/mol. The lowest BCUT2D eigenvalue weighted by molar-refractivity contribution is -0.228. The summed E-state index contributed by atoms with van der Waals surface area (Å²) >= 11 is 0. The number of carboxylic acid groups (broad SMARTS) is 1. The van der Waals surface area contributed by atoms with Crippen LogP contribution in [0, 0.1) is 58.2 Å². The molecule has 4 unspecified atom stereocenters. The summed E-state index contributed by atoms with van der Waals surface area (Å²) < 4.78 is 0. The molecule has 0 bridgehead atoms. The van der Waals surface area contributed by atoms with E-state index in [9.17, 15) is 25.2 Å². The predicted octanol–water partition coefficient (Wildman–Crippen LogP) is 4.33. The van der Waals surface area contributed by atoms with Crippen LogP contribution >= 0.6 is 0 Å². The van der Waals surface area contributed by atoms with E-state index in [0.717, 1.165) is 44.9 Å². The summed E-state index contributed by atoms with van der Waals surface area (Å²) in [6, 6.07) is 0. The molecule has 0 amide bonds. The molecule has 0 aromatic heterocycles. The molecule has 0 saturated heterocycles. The Morgan fingerprint density at radius 2 is 1.69 bits per heavy atom. The number of hydrogen-bond donors (Lipinski definition) is 4. The lowest BCUT2D eigenvalue weighted by Crippen LogP contribution is -2.65. The van der Waals surface area contributed by atoms with Crippen molar-refractivity contribution in [3.63, 3.8) is 0 Å². The Morgan fingerprint density at radius 1 is 1.00 bits per heavy atom. The van der Waals surface area contributed by atoms with Gasteiger partial charge < -0.3 is 20.4 Å². The second-order valence-corrected chi connectivity index (χ2v) is 12.6. The molecular formula is C27H46O5. The number of rotatable bonds is 5. The minimum absolute atomic E-state index is 0.0631. The Balaban J connectivity index is 1.66. The maximum absolute atomic E-state index is 11.8. The lowest BCUT2D eigenvalue weighted by Gasteiger charge is -2.65. The van der Waals surface area contributed by atoms with Crippen molar-refractivity contribution in [3.05, 3.63) is 0 Å². The summed E-state index contributed by atoms with van der Waals surface area (Å²) in [6.07, 6.45) is 5.85. The number of carboxylic acids is 1. The molecule has 0 spiro atoms. The SMILES string of the molecule is CC[C@H]1[C@@H](O)C2C3CC[C@H]([C@@H](C)CC(C)C(=O)O)[C@@]3(C)[C@@H](O)CC2[C@@]2(C)CC[C@@H](O)C[C@@H]12. The van der Waals surface area contributed by atoms with E-state index in [4.69, 9.17) is 0 Å². The highest BCUT2D eigenvalue weighted by atomic mass is 16.4. The van der Waals surface area contributed by atoms with Gasteiger partial charge in [-0.05, 0) is 97.2 Å². The highest BCUT2D eigenvalue weighted by molar-refractivity contribution is 5.69. The Morgan fingerprint density at radius 3 is 2.31 bits per heavy atom. The van der Waals surface area contributed by atoms with Crippen LogP contribution in [0.4, 0.5) is 0 Å². The van der Waals surface area contributed by atoms with Crippen molar-refractivity contribution in [2.45, 2.75) is 104 Å². The minimum atomic E-state index is -0.743. The van der Waals surface area contributed by atoms with Gasteiger partial charge in [0.25, 0.3) is 0 Å². The maximum atomic E-state index is 11.8. The van der Waals surface area contributed by atoms with Crippen LogP contribution in [0.2, 0.25) is 0 Å². The average molecular weight is 451 g/mol. The van der Waals surface area contributed by atoms with Gasteiger partial charge >= 0.3 is 5.97 Å². The fourth-order valence-corrected chi connectivity index (χ4v) is 9.71. The van der Waals surface area contributed by atoms with Crippen LogP contribution in [0.25, 0.3) is 0 Å². The third-order valence-corrected chi connectivity index (χ3v) is 11.4. The summed E-state index contributed by atoms with van der Waals surface area (Å²) in [7, 11) is 0. The van der Waals surface area contributed by atoms with Gasteiger partial charge in [-0.15, -0.1) is 0 Å². The monoisotopic (exact) mass is 450 g/mol. The summed E-state index contributed by atoms with van der Waals surface area (Å²) in [6.45, 7) is 10.8. The van der Waals surface area contributed by atoms with Crippen molar-refractivity contribution in [2.24, 2.45) is 58.2 Å². The average Bonchev–Trinajstić information content (AvgIpc) is 3.09. The number of carbonyl (C=O) groups is 1. The largest absolute Gasteiger partial charge is 0.481 e. The Kier molecular flexibility index (Phi) is 6.53. The molecule has 4 fully saturated rings. The molecule has 5 heteroatoms. The zero-order valence-corrected chi connectivity index (χ0v) is 20.7. The second-order valence-electron chi connectivity index (χ2n) is 12.6. The maximum Gasteiger partial charge on any atom is 0.306 e. The number of aliphatic hydroxyl groups is 3. The Labute approximate surface area is 194 Å². The first-order valence-corrected chi connectivity index (χ1v) is 13.2. The van der Waals surface area contributed by atoms with E-state index in [1.54, 1.807) is 6.92 Å².